The van der Waals surface area contributed by atoms with Crippen molar-refractivity contribution in [1.82, 2.24) is 14.9 Å². The van der Waals surface area contributed by atoms with E-state index < -0.39 is 5.82 Å². The number of methoxy groups -OCH3 is 1. The van der Waals surface area contributed by atoms with Crippen LogP contribution in [0.5, 0.6) is 5.75 Å². The molecule has 0 spiro atoms. The van der Waals surface area contributed by atoms with Gasteiger partial charge >= 0.3 is 0 Å². The van der Waals surface area contributed by atoms with Crippen LogP contribution < -0.4 is 10.1 Å². The first-order chi connectivity index (χ1) is 15.1. The van der Waals surface area contributed by atoms with Gasteiger partial charge in [-0.2, -0.15) is 0 Å². The van der Waals surface area contributed by atoms with Crippen LogP contribution in [0.3, 0.4) is 0 Å². The number of morpholine rings is 1. The van der Waals surface area contributed by atoms with E-state index >= 15 is 0 Å². The van der Waals surface area contributed by atoms with Gasteiger partial charge in [0.25, 0.3) is 0 Å². The Morgan fingerprint density at radius 3 is 2.77 bits per heavy atom. The number of nitrogens with zero attached hydrogens (tertiary/aromatic N) is 3. The summed E-state index contributed by atoms with van der Waals surface area (Å²) in [6, 6.07) is 8.52. The van der Waals surface area contributed by atoms with Gasteiger partial charge in [0.05, 0.1) is 30.9 Å². The third-order valence-electron chi connectivity index (χ3n) is 5.49. The van der Waals surface area contributed by atoms with E-state index in [2.05, 4.69) is 26.3 Å². The van der Waals surface area contributed by atoms with Crippen LogP contribution >= 0.6 is 11.6 Å². The summed E-state index contributed by atoms with van der Waals surface area (Å²) in [5.41, 5.74) is 2.56. The van der Waals surface area contributed by atoms with E-state index in [4.69, 9.17) is 21.1 Å². The van der Waals surface area contributed by atoms with Crippen LogP contribution in [0.2, 0.25) is 5.02 Å². The molecule has 1 aliphatic heterocycles. The summed E-state index contributed by atoms with van der Waals surface area (Å²) in [6.45, 7) is 4.76. The highest BCUT2D eigenvalue weighted by molar-refractivity contribution is 6.31. The smallest absolute Gasteiger partial charge is 0.141 e. The van der Waals surface area contributed by atoms with Gasteiger partial charge in [-0.15, -0.1) is 0 Å². The van der Waals surface area contributed by atoms with Gasteiger partial charge in [-0.1, -0.05) is 11.6 Å². The fourth-order valence-electron chi connectivity index (χ4n) is 3.80. The number of aryl methyl sites for hydroxylation is 1. The van der Waals surface area contributed by atoms with Crippen molar-refractivity contribution >= 4 is 34.0 Å². The van der Waals surface area contributed by atoms with Crippen molar-refractivity contribution in [2.24, 2.45) is 0 Å². The molecule has 0 atom stereocenters. The maximum absolute atomic E-state index is 13.5. The van der Waals surface area contributed by atoms with E-state index in [-0.39, 0.29) is 5.02 Å². The molecule has 0 unspecified atom stereocenters. The van der Waals surface area contributed by atoms with Gasteiger partial charge in [-0.3, -0.25) is 4.90 Å². The highest BCUT2D eigenvalue weighted by atomic mass is 35.5. The average Bonchev–Trinajstić information content (AvgIpc) is 2.79. The Morgan fingerprint density at radius 2 is 2.00 bits per heavy atom. The molecule has 0 amide bonds. The van der Waals surface area contributed by atoms with Gasteiger partial charge in [-0.05, 0) is 55.6 Å². The highest BCUT2D eigenvalue weighted by Gasteiger charge is 2.13. The Labute approximate surface area is 186 Å². The van der Waals surface area contributed by atoms with Gasteiger partial charge in [0, 0.05) is 30.2 Å². The molecule has 0 radical (unpaired) electrons. The van der Waals surface area contributed by atoms with Crippen molar-refractivity contribution in [1.29, 1.82) is 0 Å². The lowest BCUT2D eigenvalue weighted by molar-refractivity contribution is 0.0372. The van der Waals surface area contributed by atoms with Crippen LogP contribution in [0, 0.1) is 5.82 Å². The molecule has 4 rings (SSSR count). The minimum Gasteiger partial charge on any atom is -0.496 e. The fourth-order valence-corrected chi connectivity index (χ4v) is 3.98. The van der Waals surface area contributed by atoms with Gasteiger partial charge in [-0.25, -0.2) is 14.4 Å². The Hall–Kier alpha value is -2.48. The molecule has 0 bridgehead atoms. The monoisotopic (exact) mass is 444 g/mol. The van der Waals surface area contributed by atoms with Gasteiger partial charge in [0.1, 0.15) is 23.7 Å². The van der Waals surface area contributed by atoms with E-state index in [9.17, 15) is 4.39 Å². The van der Waals surface area contributed by atoms with Crippen molar-refractivity contribution < 1.29 is 13.9 Å². The summed E-state index contributed by atoms with van der Waals surface area (Å²) in [7, 11) is 1.68. The van der Waals surface area contributed by atoms with Crippen molar-refractivity contribution in [3.63, 3.8) is 0 Å². The number of anilines is 2. The number of hydrogen-bond acceptors (Lipinski definition) is 6. The predicted octanol–water partition coefficient (Wildman–Crippen LogP) is 4.83. The summed E-state index contributed by atoms with van der Waals surface area (Å²) in [4.78, 5) is 11.2. The van der Waals surface area contributed by atoms with Crippen LogP contribution in [0.1, 0.15) is 18.4 Å². The molecule has 8 heteroatoms. The molecule has 2 aromatic carbocycles. The molecule has 1 aliphatic rings. The van der Waals surface area contributed by atoms with Crippen molar-refractivity contribution in [3.8, 4) is 5.75 Å². The standard InChI is InChI=1S/C23H26ClFN4O2/c1-30-22-14-21-18(12-16(22)4-2-3-7-29-8-10-31-11-9-29)23(27-15-26-21)28-17-5-6-20(25)19(24)13-17/h5-6,12-15H,2-4,7-11H2,1H3,(H,26,27,28). The van der Waals surface area contributed by atoms with Crippen molar-refractivity contribution in [3.05, 3.63) is 53.1 Å². The van der Waals surface area contributed by atoms with E-state index in [0.29, 0.717) is 11.5 Å². The summed E-state index contributed by atoms with van der Waals surface area (Å²) in [6.07, 6.45) is 4.58. The summed E-state index contributed by atoms with van der Waals surface area (Å²) >= 11 is 5.92. The molecule has 3 aromatic rings. The molecular formula is C23H26ClFN4O2. The van der Waals surface area contributed by atoms with Crippen LogP contribution in [0.4, 0.5) is 15.9 Å². The molecule has 1 saturated heterocycles. The van der Waals surface area contributed by atoms with Crippen molar-refractivity contribution in [2.75, 3.05) is 45.3 Å². The third-order valence-corrected chi connectivity index (χ3v) is 5.78. The second-order valence-corrected chi connectivity index (χ2v) is 7.98. The normalized spacial score (nSPS) is 14.7. The van der Waals surface area contributed by atoms with Gasteiger partial charge in [0.15, 0.2) is 0 Å². The Balaban J connectivity index is 1.51. The molecule has 1 N–H and O–H groups in total. The number of benzene rings is 2. The first kappa shape index (κ1) is 21.7. The summed E-state index contributed by atoms with van der Waals surface area (Å²) < 4.78 is 24.5. The second-order valence-electron chi connectivity index (χ2n) is 7.57. The number of nitrogens with one attached hydrogen (secondary N) is 1. The molecule has 0 saturated carbocycles. The van der Waals surface area contributed by atoms with Gasteiger partial charge < -0.3 is 14.8 Å². The highest BCUT2D eigenvalue weighted by Crippen LogP contribution is 2.31. The number of aromatic nitrogens is 2. The van der Waals surface area contributed by atoms with Crippen LogP contribution in [0.15, 0.2) is 36.7 Å². The molecule has 164 valence electrons. The van der Waals surface area contributed by atoms with Crippen molar-refractivity contribution in [2.45, 2.75) is 19.3 Å². The number of hydrogen-bond donors (Lipinski definition) is 1. The second kappa shape index (κ2) is 10.2. The maximum Gasteiger partial charge on any atom is 0.141 e. The van der Waals surface area contributed by atoms with Gasteiger partial charge in [0.2, 0.25) is 0 Å². The quantitative estimate of drug-likeness (QED) is 0.502. The maximum atomic E-state index is 13.5. The zero-order chi connectivity index (χ0) is 21.6. The largest absolute Gasteiger partial charge is 0.496 e. The Morgan fingerprint density at radius 1 is 1.16 bits per heavy atom. The van der Waals surface area contributed by atoms with Crippen LogP contribution in [-0.4, -0.2) is 54.8 Å². The van der Waals surface area contributed by atoms with E-state index in [1.807, 2.05) is 6.07 Å². The number of ether oxygens (including phenoxy) is 2. The van der Waals surface area contributed by atoms with E-state index in [0.717, 1.165) is 74.3 Å². The first-order valence-corrected chi connectivity index (χ1v) is 10.9. The van der Waals surface area contributed by atoms with E-state index in [1.54, 1.807) is 19.2 Å². The van der Waals surface area contributed by atoms with Crippen LogP contribution in [0.25, 0.3) is 10.9 Å². The van der Waals surface area contributed by atoms with E-state index in [1.165, 1.54) is 12.4 Å². The number of halogens is 2. The molecule has 31 heavy (non-hydrogen) atoms. The minimum absolute atomic E-state index is 0.0611. The lowest BCUT2D eigenvalue weighted by Crippen LogP contribution is -2.36. The lowest BCUT2D eigenvalue weighted by Gasteiger charge is -2.26. The summed E-state index contributed by atoms with van der Waals surface area (Å²) in [5.74, 6) is 1.02. The lowest BCUT2D eigenvalue weighted by atomic mass is 10.0. The first-order valence-electron chi connectivity index (χ1n) is 10.5. The number of unbranched alkanes of at least 4 members (excludes halogenated alkanes) is 1. The molecule has 1 fully saturated rings. The molecular weight excluding hydrogens is 419 g/mol. The average molecular weight is 445 g/mol. The molecule has 0 aliphatic carbocycles. The molecule has 1 aromatic heterocycles. The predicted molar refractivity (Wildman–Crippen MR) is 121 cm³/mol. The molecule has 2 heterocycles. The number of rotatable bonds is 8. The zero-order valence-electron chi connectivity index (χ0n) is 17.5. The Bertz CT molecular complexity index is 1040. The van der Waals surface area contributed by atoms with Crippen LogP contribution in [-0.2, 0) is 11.2 Å². The number of fused-ring (bicyclic) bond motifs is 1. The fraction of sp³-hybridized carbons (Fsp3) is 0.391. The zero-order valence-corrected chi connectivity index (χ0v) is 18.3. The third kappa shape index (κ3) is 5.42. The summed E-state index contributed by atoms with van der Waals surface area (Å²) in [5, 5.41) is 4.17. The SMILES string of the molecule is COc1cc2ncnc(Nc3ccc(F)c(Cl)c3)c2cc1CCCCN1CCOCC1. The topological polar surface area (TPSA) is 59.5 Å². The minimum atomic E-state index is -0.455. The molecule has 6 nitrogen and oxygen atoms in total. The Kier molecular flexibility index (Phi) is 7.17.